The topological polar surface area (TPSA) is 108 Å². The zero-order valence-corrected chi connectivity index (χ0v) is 17.5. The Morgan fingerprint density at radius 1 is 1.23 bits per heavy atom. The van der Waals surface area contributed by atoms with Crippen LogP contribution in [0.2, 0.25) is 0 Å². The Labute approximate surface area is 173 Å². The summed E-state index contributed by atoms with van der Waals surface area (Å²) in [5, 5.41) is 5.62. The Morgan fingerprint density at radius 2 is 1.93 bits per heavy atom. The number of benzene rings is 1. The van der Waals surface area contributed by atoms with Crippen LogP contribution in [0, 0.1) is 19.7 Å². The highest BCUT2D eigenvalue weighted by Gasteiger charge is 2.28. The van der Waals surface area contributed by atoms with Crippen LogP contribution >= 0.6 is 0 Å². The third-order valence-corrected chi connectivity index (χ3v) is 7.36. The molecule has 9 heteroatoms. The lowest BCUT2D eigenvalue weighted by molar-refractivity contribution is -0.110. The number of hydrogen-bond donors (Lipinski definition) is 3. The number of amides is 2. The van der Waals surface area contributed by atoms with E-state index in [0.717, 1.165) is 0 Å². The van der Waals surface area contributed by atoms with E-state index >= 15 is 0 Å². The second kappa shape index (κ2) is 7.39. The predicted molar refractivity (Wildman–Crippen MR) is 112 cm³/mol. The number of aromatic amines is 1. The van der Waals surface area contributed by atoms with E-state index in [-0.39, 0.29) is 29.4 Å². The number of hydrogen-bond acceptors (Lipinski definition) is 4. The van der Waals surface area contributed by atoms with E-state index in [0.29, 0.717) is 52.2 Å². The zero-order valence-electron chi connectivity index (χ0n) is 16.6. The fraction of sp³-hybridized carbons (Fsp3) is 0.333. The fourth-order valence-electron chi connectivity index (χ4n) is 4.00. The highest BCUT2D eigenvalue weighted by atomic mass is 32.2. The summed E-state index contributed by atoms with van der Waals surface area (Å²) in [7, 11) is -3.00. The quantitative estimate of drug-likeness (QED) is 0.649. The van der Waals surface area contributed by atoms with E-state index in [4.69, 9.17) is 0 Å². The minimum absolute atomic E-state index is 0.0749. The van der Waals surface area contributed by atoms with Gasteiger partial charge in [0.2, 0.25) is 0 Å². The molecule has 2 aliphatic heterocycles. The van der Waals surface area contributed by atoms with Crippen molar-refractivity contribution in [3.05, 3.63) is 52.1 Å². The van der Waals surface area contributed by atoms with Gasteiger partial charge in [-0.05, 0) is 56.5 Å². The fourth-order valence-corrected chi connectivity index (χ4v) is 5.49. The van der Waals surface area contributed by atoms with Gasteiger partial charge in [0.1, 0.15) is 15.7 Å². The molecule has 0 bridgehead atoms. The highest BCUT2D eigenvalue weighted by Crippen LogP contribution is 2.34. The third kappa shape index (κ3) is 3.77. The monoisotopic (exact) mass is 431 g/mol. The Kier molecular flexibility index (Phi) is 5.01. The molecule has 0 aliphatic carbocycles. The smallest absolute Gasteiger partial charge is 0.256 e. The van der Waals surface area contributed by atoms with E-state index in [9.17, 15) is 22.4 Å². The van der Waals surface area contributed by atoms with Gasteiger partial charge in [-0.1, -0.05) is 0 Å². The largest absolute Gasteiger partial charge is 0.358 e. The summed E-state index contributed by atoms with van der Waals surface area (Å²) in [6, 6.07) is 3.91. The molecule has 3 heterocycles. The van der Waals surface area contributed by atoms with Crippen LogP contribution < -0.4 is 10.6 Å². The first-order valence-corrected chi connectivity index (χ1v) is 11.5. The minimum atomic E-state index is -3.00. The lowest BCUT2D eigenvalue weighted by atomic mass is 10.0. The molecule has 0 spiro atoms. The van der Waals surface area contributed by atoms with Gasteiger partial charge in [0.05, 0.1) is 22.6 Å². The van der Waals surface area contributed by atoms with E-state index in [1.165, 1.54) is 18.2 Å². The Hall–Kier alpha value is -2.94. The Morgan fingerprint density at radius 3 is 2.63 bits per heavy atom. The molecule has 7 nitrogen and oxygen atoms in total. The van der Waals surface area contributed by atoms with Gasteiger partial charge in [-0.3, -0.25) is 9.59 Å². The average Bonchev–Trinajstić information content (AvgIpc) is 3.13. The summed E-state index contributed by atoms with van der Waals surface area (Å²) >= 11 is 0. The number of nitrogens with one attached hydrogen (secondary N) is 3. The minimum Gasteiger partial charge on any atom is -0.358 e. The SMILES string of the molecule is Cc1[nH]c(C=C2C(=O)Nc3ccc(F)cc32)c(C)c1C(=O)NC1CCS(=O)(=O)CC1. The maximum absolute atomic E-state index is 13.7. The van der Waals surface area contributed by atoms with Crippen molar-refractivity contribution in [1.29, 1.82) is 0 Å². The molecule has 0 atom stereocenters. The van der Waals surface area contributed by atoms with Crippen LogP contribution in [0.1, 0.15) is 45.7 Å². The Bertz CT molecular complexity index is 1180. The normalized spacial score (nSPS) is 19.6. The summed E-state index contributed by atoms with van der Waals surface area (Å²) in [6.45, 7) is 3.53. The first kappa shape index (κ1) is 20.3. The van der Waals surface area contributed by atoms with Crippen LogP contribution in [-0.2, 0) is 14.6 Å². The van der Waals surface area contributed by atoms with E-state index in [1.54, 1.807) is 19.9 Å². The van der Waals surface area contributed by atoms with Crippen LogP contribution in [0.5, 0.6) is 0 Å². The van der Waals surface area contributed by atoms with Crippen molar-refractivity contribution >= 4 is 39.0 Å². The number of carbonyl (C=O) groups excluding carboxylic acids is 2. The number of rotatable bonds is 3. The number of fused-ring (bicyclic) bond motifs is 1. The molecule has 0 unspecified atom stereocenters. The van der Waals surface area contributed by atoms with E-state index < -0.39 is 15.7 Å². The van der Waals surface area contributed by atoms with Crippen molar-refractivity contribution in [2.24, 2.45) is 0 Å². The first-order chi connectivity index (χ1) is 14.1. The van der Waals surface area contributed by atoms with Crippen molar-refractivity contribution in [2.75, 3.05) is 16.8 Å². The van der Waals surface area contributed by atoms with Gasteiger partial charge in [-0.2, -0.15) is 0 Å². The molecule has 4 rings (SSSR count). The van der Waals surface area contributed by atoms with Crippen molar-refractivity contribution in [1.82, 2.24) is 10.3 Å². The summed E-state index contributed by atoms with van der Waals surface area (Å²) in [5.41, 5.74) is 3.69. The van der Waals surface area contributed by atoms with E-state index in [1.807, 2.05) is 0 Å². The molecule has 0 saturated carbocycles. The predicted octanol–water partition coefficient (Wildman–Crippen LogP) is 2.57. The second-order valence-electron chi connectivity index (χ2n) is 7.77. The Balaban J connectivity index is 1.60. The van der Waals surface area contributed by atoms with Gasteiger partial charge in [-0.15, -0.1) is 0 Å². The average molecular weight is 431 g/mol. The van der Waals surface area contributed by atoms with Crippen LogP contribution in [0.15, 0.2) is 18.2 Å². The summed E-state index contributed by atoms with van der Waals surface area (Å²) < 4.78 is 36.8. The lowest BCUT2D eigenvalue weighted by Crippen LogP contribution is -2.41. The van der Waals surface area contributed by atoms with Crippen molar-refractivity contribution in [2.45, 2.75) is 32.7 Å². The number of carbonyl (C=O) groups is 2. The molecule has 0 radical (unpaired) electrons. The summed E-state index contributed by atoms with van der Waals surface area (Å²) in [4.78, 5) is 28.3. The standard InChI is InChI=1S/C21H22FN3O4S/c1-11-18(10-16-15-9-13(22)3-4-17(15)25-20(16)26)23-12(2)19(11)21(27)24-14-5-7-30(28,29)8-6-14/h3-4,9-10,14,23H,5-8H2,1-2H3,(H,24,27)(H,25,26). The maximum Gasteiger partial charge on any atom is 0.256 e. The number of sulfone groups is 1. The van der Waals surface area contributed by atoms with Crippen LogP contribution in [0.25, 0.3) is 11.6 Å². The van der Waals surface area contributed by atoms with E-state index in [2.05, 4.69) is 15.6 Å². The molecule has 30 heavy (non-hydrogen) atoms. The van der Waals surface area contributed by atoms with Gasteiger partial charge in [-0.25, -0.2) is 12.8 Å². The van der Waals surface area contributed by atoms with Gasteiger partial charge in [0.15, 0.2) is 0 Å². The highest BCUT2D eigenvalue weighted by molar-refractivity contribution is 7.91. The number of halogens is 1. The van der Waals surface area contributed by atoms with Gasteiger partial charge in [0, 0.05) is 28.7 Å². The maximum atomic E-state index is 13.7. The van der Waals surface area contributed by atoms with Crippen LogP contribution in [0.3, 0.4) is 0 Å². The molecule has 1 aromatic heterocycles. The molecule has 3 N–H and O–H groups in total. The number of aryl methyl sites for hydroxylation is 1. The molecular weight excluding hydrogens is 409 g/mol. The lowest BCUT2D eigenvalue weighted by Gasteiger charge is -2.23. The molecule has 1 saturated heterocycles. The molecule has 2 aliphatic rings. The molecule has 1 fully saturated rings. The number of anilines is 1. The summed E-state index contributed by atoms with van der Waals surface area (Å²) in [5.74, 6) is -0.906. The van der Waals surface area contributed by atoms with Gasteiger partial charge < -0.3 is 15.6 Å². The number of H-pyrrole nitrogens is 1. The molecule has 2 amide bonds. The van der Waals surface area contributed by atoms with Gasteiger partial charge in [0.25, 0.3) is 11.8 Å². The van der Waals surface area contributed by atoms with Crippen molar-refractivity contribution in [3.8, 4) is 0 Å². The summed E-state index contributed by atoms with van der Waals surface area (Å²) in [6.07, 6.45) is 2.42. The third-order valence-electron chi connectivity index (χ3n) is 5.65. The molecule has 1 aromatic carbocycles. The number of aromatic nitrogens is 1. The van der Waals surface area contributed by atoms with Gasteiger partial charge >= 0.3 is 0 Å². The van der Waals surface area contributed by atoms with Crippen LogP contribution in [0.4, 0.5) is 10.1 Å². The molecule has 158 valence electrons. The van der Waals surface area contributed by atoms with Crippen molar-refractivity contribution < 1.29 is 22.4 Å². The van der Waals surface area contributed by atoms with Crippen molar-refractivity contribution in [3.63, 3.8) is 0 Å². The first-order valence-electron chi connectivity index (χ1n) is 9.68. The van der Waals surface area contributed by atoms with Crippen LogP contribution in [-0.4, -0.2) is 42.8 Å². The second-order valence-corrected chi connectivity index (χ2v) is 10.1. The molecular formula is C21H22FN3O4S. The zero-order chi connectivity index (χ0) is 21.6. The molecule has 2 aromatic rings.